The first-order valence-corrected chi connectivity index (χ1v) is 7.59. The molecule has 0 radical (unpaired) electrons. The molecule has 1 heteroatoms. The Morgan fingerprint density at radius 2 is 1.88 bits per heavy atom. The zero-order chi connectivity index (χ0) is 13.1. The molecule has 0 spiro atoms. The maximum atomic E-state index is 3.65. The van der Waals surface area contributed by atoms with Gasteiger partial charge in [0, 0.05) is 6.04 Å². The molecule has 3 atom stereocenters. The van der Waals surface area contributed by atoms with E-state index in [0.29, 0.717) is 11.5 Å². The molecule has 0 aromatic heterocycles. The van der Waals surface area contributed by atoms with Crippen LogP contribution in [0.15, 0.2) is 0 Å². The second-order valence-corrected chi connectivity index (χ2v) is 7.28. The van der Waals surface area contributed by atoms with Crippen molar-refractivity contribution in [2.75, 3.05) is 6.54 Å². The van der Waals surface area contributed by atoms with Gasteiger partial charge in [0.1, 0.15) is 0 Å². The van der Waals surface area contributed by atoms with Crippen LogP contribution in [0.3, 0.4) is 0 Å². The first-order chi connectivity index (χ1) is 7.85. The minimum atomic E-state index is 0.572. The highest BCUT2D eigenvalue weighted by molar-refractivity contribution is 4.88. The third-order valence-corrected chi connectivity index (χ3v) is 4.75. The maximum Gasteiger partial charge on any atom is 0.00104 e. The Bertz CT molecular complexity index is 218. The van der Waals surface area contributed by atoms with Gasteiger partial charge in [-0.1, -0.05) is 48.0 Å². The summed E-state index contributed by atoms with van der Waals surface area (Å²) in [5.74, 6) is 2.71. The van der Waals surface area contributed by atoms with Crippen molar-refractivity contribution in [2.45, 2.75) is 73.3 Å². The van der Waals surface area contributed by atoms with Crippen LogP contribution in [0, 0.1) is 23.2 Å². The molecule has 0 aromatic rings. The molecule has 0 aliphatic heterocycles. The van der Waals surface area contributed by atoms with E-state index in [0.717, 1.165) is 17.8 Å². The lowest BCUT2D eigenvalue weighted by Gasteiger charge is -2.44. The molecule has 1 aliphatic carbocycles. The SMILES string of the molecule is CCC(C)C1CC(C)(C)CCC1CNC(C)C. The smallest absolute Gasteiger partial charge is 0.00104 e. The molecular formula is C16H33N. The van der Waals surface area contributed by atoms with E-state index in [-0.39, 0.29) is 0 Å². The lowest BCUT2D eigenvalue weighted by molar-refractivity contribution is 0.0762. The fourth-order valence-electron chi connectivity index (χ4n) is 3.31. The zero-order valence-corrected chi connectivity index (χ0v) is 12.8. The standard InChI is InChI=1S/C16H33N/c1-7-13(4)15-10-16(5,6)9-8-14(15)11-17-12(2)3/h12-15,17H,7-11H2,1-6H3. The molecule has 1 nitrogen and oxygen atoms in total. The van der Waals surface area contributed by atoms with Gasteiger partial charge in [0.2, 0.25) is 0 Å². The van der Waals surface area contributed by atoms with Gasteiger partial charge in [-0.3, -0.25) is 0 Å². The van der Waals surface area contributed by atoms with Crippen molar-refractivity contribution >= 4 is 0 Å². The first kappa shape index (κ1) is 15.0. The topological polar surface area (TPSA) is 12.0 Å². The quantitative estimate of drug-likeness (QED) is 0.746. The van der Waals surface area contributed by atoms with Crippen molar-refractivity contribution < 1.29 is 0 Å². The molecule has 0 aromatic carbocycles. The van der Waals surface area contributed by atoms with Gasteiger partial charge in [-0.05, 0) is 49.0 Å². The van der Waals surface area contributed by atoms with E-state index in [4.69, 9.17) is 0 Å². The van der Waals surface area contributed by atoms with E-state index in [2.05, 4.69) is 46.9 Å². The van der Waals surface area contributed by atoms with Gasteiger partial charge < -0.3 is 5.32 Å². The maximum absolute atomic E-state index is 3.65. The molecular weight excluding hydrogens is 206 g/mol. The average molecular weight is 239 g/mol. The summed E-state index contributed by atoms with van der Waals surface area (Å²) in [5.41, 5.74) is 0.572. The zero-order valence-electron chi connectivity index (χ0n) is 12.8. The second kappa shape index (κ2) is 6.22. The predicted octanol–water partition coefficient (Wildman–Crippen LogP) is 4.47. The van der Waals surface area contributed by atoms with Crippen LogP contribution < -0.4 is 5.32 Å². The summed E-state index contributed by atoms with van der Waals surface area (Å²) in [7, 11) is 0. The van der Waals surface area contributed by atoms with E-state index in [1.165, 1.54) is 32.2 Å². The molecule has 0 heterocycles. The van der Waals surface area contributed by atoms with Crippen molar-refractivity contribution in [3.8, 4) is 0 Å². The van der Waals surface area contributed by atoms with Gasteiger partial charge in [0.15, 0.2) is 0 Å². The summed E-state index contributed by atoms with van der Waals surface area (Å²) in [6.45, 7) is 15.4. The Kier molecular flexibility index (Phi) is 5.50. The highest BCUT2D eigenvalue weighted by atomic mass is 14.9. The fourth-order valence-corrected chi connectivity index (χ4v) is 3.31. The van der Waals surface area contributed by atoms with Crippen LogP contribution in [-0.2, 0) is 0 Å². The third-order valence-electron chi connectivity index (χ3n) is 4.75. The Hall–Kier alpha value is -0.0400. The summed E-state index contributed by atoms with van der Waals surface area (Å²) in [5, 5.41) is 3.65. The van der Waals surface area contributed by atoms with E-state index >= 15 is 0 Å². The molecule has 0 amide bonds. The highest BCUT2D eigenvalue weighted by Gasteiger charge is 2.36. The Labute approximate surface area is 109 Å². The monoisotopic (exact) mass is 239 g/mol. The summed E-state index contributed by atoms with van der Waals surface area (Å²) in [6.07, 6.45) is 5.58. The van der Waals surface area contributed by atoms with Crippen molar-refractivity contribution in [2.24, 2.45) is 23.2 Å². The molecule has 17 heavy (non-hydrogen) atoms. The van der Waals surface area contributed by atoms with Crippen LogP contribution in [0.1, 0.15) is 67.2 Å². The van der Waals surface area contributed by atoms with Gasteiger partial charge in [-0.25, -0.2) is 0 Å². The summed E-state index contributed by atoms with van der Waals surface area (Å²) in [4.78, 5) is 0. The van der Waals surface area contributed by atoms with E-state index in [9.17, 15) is 0 Å². The lowest BCUT2D eigenvalue weighted by Crippen LogP contribution is -2.40. The van der Waals surface area contributed by atoms with E-state index in [1.54, 1.807) is 0 Å². The van der Waals surface area contributed by atoms with Gasteiger partial charge in [-0.2, -0.15) is 0 Å². The summed E-state index contributed by atoms with van der Waals surface area (Å²) >= 11 is 0. The Morgan fingerprint density at radius 1 is 1.24 bits per heavy atom. The highest BCUT2D eigenvalue weighted by Crippen LogP contribution is 2.45. The van der Waals surface area contributed by atoms with Gasteiger partial charge in [0.25, 0.3) is 0 Å². The van der Waals surface area contributed by atoms with Gasteiger partial charge >= 0.3 is 0 Å². The fraction of sp³-hybridized carbons (Fsp3) is 1.00. The van der Waals surface area contributed by atoms with Crippen LogP contribution in [0.5, 0.6) is 0 Å². The Balaban J connectivity index is 2.60. The van der Waals surface area contributed by atoms with Crippen LogP contribution in [0.2, 0.25) is 0 Å². The van der Waals surface area contributed by atoms with Crippen molar-refractivity contribution in [1.29, 1.82) is 0 Å². The largest absolute Gasteiger partial charge is 0.314 e. The molecule has 0 saturated heterocycles. The first-order valence-electron chi connectivity index (χ1n) is 7.59. The number of hydrogen-bond donors (Lipinski definition) is 1. The van der Waals surface area contributed by atoms with Crippen molar-refractivity contribution in [3.05, 3.63) is 0 Å². The molecule has 1 fully saturated rings. The van der Waals surface area contributed by atoms with Crippen LogP contribution >= 0.6 is 0 Å². The number of hydrogen-bond acceptors (Lipinski definition) is 1. The molecule has 1 aliphatic rings. The van der Waals surface area contributed by atoms with Crippen LogP contribution in [0.4, 0.5) is 0 Å². The number of rotatable bonds is 5. The van der Waals surface area contributed by atoms with Crippen LogP contribution in [0.25, 0.3) is 0 Å². The average Bonchev–Trinajstić information content (AvgIpc) is 2.25. The molecule has 1 N–H and O–H groups in total. The predicted molar refractivity (Wildman–Crippen MR) is 77.2 cm³/mol. The van der Waals surface area contributed by atoms with Crippen molar-refractivity contribution in [3.63, 3.8) is 0 Å². The molecule has 0 bridgehead atoms. The second-order valence-electron chi connectivity index (χ2n) is 7.28. The lowest BCUT2D eigenvalue weighted by atomic mass is 9.63. The number of nitrogens with one attached hydrogen (secondary N) is 1. The third kappa shape index (κ3) is 4.62. The summed E-state index contributed by atoms with van der Waals surface area (Å²) in [6, 6.07) is 0.627. The van der Waals surface area contributed by atoms with Crippen LogP contribution in [-0.4, -0.2) is 12.6 Å². The molecule has 1 rings (SSSR count). The van der Waals surface area contributed by atoms with E-state index in [1.807, 2.05) is 0 Å². The molecule has 102 valence electrons. The van der Waals surface area contributed by atoms with Crippen molar-refractivity contribution in [1.82, 2.24) is 5.32 Å². The minimum absolute atomic E-state index is 0.572. The molecule has 3 unspecified atom stereocenters. The normalized spacial score (nSPS) is 30.5. The van der Waals surface area contributed by atoms with Gasteiger partial charge in [0.05, 0.1) is 0 Å². The summed E-state index contributed by atoms with van der Waals surface area (Å²) < 4.78 is 0. The van der Waals surface area contributed by atoms with Gasteiger partial charge in [-0.15, -0.1) is 0 Å². The minimum Gasteiger partial charge on any atom is -0.314 e. The molecule has 1 saturated carbocycles. The van der Waals surface area contributed by atoms with E-state index < -0.39 is 0 Å². The Morgan fingerprint density at radius 3 is 2.41 bits per heavy atom.